The lowest BCUT2D eigenvalue weighted by molar-refractivity contribution is -0.235. The summed E-state index contributed by atoms with van der Waals surface area (Å²) in [5.41, 5.74) is 0. The summed E-state index contributed by atoms with van der Waals surface area (Å²) in [6.45, 7) is 8.07. The number of ether oxygens (including phenoxy) is 6. The molecule has 3 saturated heterocycles. The van der Waals surface area contributed by atoms with Crippen LogP contribution < -0.4 is 0 Å². The third kappa shape index (κ3) is 2.95. The molecule has 3 aliphatic rings. The topological polar surface area (TPSA) is 55.4 Å². The Morgan fingerprint density at radius 1 is 1.10 bits per heavy atom. The first-order chi connectivity index (χ1) is 9.81. The van der Waals surface area contributed by atoms with Crippen LogP contribution in [0.5, 0.6) is 0 Å². The third-order valence-corrected chi connectivity index (χ3v) is 3.78. The van der Waals surface area contributed by atoms with Crippen LogP contribution in [-0.2, 0) is 28.4 Å². The van der Waals surface area contributed by atoms with Gasteiger partial charge in [0.05, 0.1) is 6.61 Å². The summed E-state index contributed by atoms with van der Waals surface area (Å²) < 4.78 is 34.8. The van der Waals surface area contributed by atoms with Gasteiger partial charge in [0.2, 0.25) is 0 Å². The van der Waals surface area contributed by atoms with Gasteiger partial charge in [0.25, 0.3) is 0 Å². The van der Waals surface area contributed by atoms with E-state index in [-0.39, 0.29) is 31.0 Å². The molecule has 0 N–H and O–H groups in total. The Balaban J connectivity index is 1.74. The number of fused-ring (bicyclic) bond motifs is 1. The van der Waals surface area contributed by atoms with E-state index >= 15 is 0 Å². The van der Waals surface area contributed by atoms with E-state index in [1.54, 1.807) is 0 Å². The van der Waals surface area contributed by atoms with Gasteiger partial charge in [0.15, 0.2) is 17.9 Å². The Bertz CT molecular complexity index is 440. The summed E-state index contributed by atoms with van der Waals surface area (Å²) in [4.78, 5) is 0. The highest BCUT2D eigenvalue weighted by molar-refractivity contribution is 4.99. The van der Waals surface area contributed by atoms with E-state index in [0.717, 1.165) is 0 Å². The van der Waals surface area contributed by atoms with Crippen LogP contribution in [0.1, 0.15) is 27.7 Å². The van der Waals surface area contributed by atoms with Gasteiger partial charge in [0, 0.05) is 0 Å². The fourth-order valence-electron chi connectivity index (χ4n) is 3.01. The molecule has 5 atom stereocenters. The molecule has 3 aliphatic heterocycles. The van der Waals surface area contributed by atoms with Crippen LogP contribution in [0.25, 0.3) is 0 Å². The molecule has 0 amide bonds. The van der Waals surface area contributed by atoms with Gasteiger partial charge in [-0.25, -0.2) is 0 Å². The molecule has 3 heterocycles. The molecule has 3 fully saturated rings. The van der Waals surface area contributed by atoms with E-state index in [4.69, 9.17) is 34.8 Å². The summed E-state index contributed by atoms with van der Waals surface area (Å²) in [7, 11) is 0. The van der Waals surface area contributed by atoms with Crippen molar-refractivity contribution in [3.8, 4) is 12.3 Å². The Morgan fingerprint density at radius 2 is 1.86 bits per heavy atom. The van der Waals surface area contributed by atoms with Gasteiger partial charge in [-0.15, -0.1) is 6.42 Å². The van der Waals surface area contributed by atoms with Crippen molar-refractivity contribution in [2.75, 3.05) is 13.2 Å². The first-order valence-electron chi connectivity index (χ1n) is 7.19. The van der Waals surface area contributed by atoms with Crippen LogP contribution >= 0.6 is 0 Å². The minimum absolute atomic E-state index is 0.189. The minimum Gasteiger partial charge on any atom is -0.360 e. The van der Waals surface area contributed by atoms with E-state index < -0.39 is 17.9 Å². The zero-order valence-corrected chi connectivity index (χ0v) is 12.8. The molecule has 0 saturated carbocycles. The zero-order valence-electron chi connectivity index (χ0n) is 12.8. The van der Waals surface area contributed by atoms with Gasteiger partial charge >= 0.3 is 0 Å². The number of terminal acetylenes is 1. The van der Waals surface area contributed by atoms with Gasteiger partial charge in [-0.1, -0.05) is 5.92 Å². The van der Waals surface area contributed by atoms with Gasteiger partial charge in [-0.05, 0) is 27.7 Å². The molecule has 0 spiro atoms. The highest BCUT2D eigenvalue weighted by Crippen LogP contribution is 2.41. The fourth-order valence-corrected chi connectivity index (χ4v) is 3.01. The molecule has 0 aliphatic carbocycles. The van der Waals surface area contributed by atoms with Crippen molar-refractivity contribution < 1.29 is 28.4 Å². The maximum absolute atomic E-state index is 5.96. The van der Waals surface area contributed by atoms with E-state index in [9.17, 15) is 0 Å². The smallest absolute Gasteiger partial charge is 0.190 e. The average Bonchev–Trinajstić information content (AvgIpc) is 2.96. The maximum Gasteiger partial charge on any atom is 0.190 e. The van der Waals surface area contributed by atoms with Crippen molar-refractivity contribution in [1.29, 1.82) is 0 Å². The van der Waals surface area contributed by atoms with Crippen molar-refractivity contribution in [3.63, 3.8) is 0 Å². The van der Waals surface area contributed by atoms with Crippen LogP contribution in [0, 0.1) is 12.3 Å². The minimum atomic E-state index is -0.690. The standard InChI is InChI=1S/C15H22O6/c1-6-7-16-11-10(9-8-17-14(2,3)19-9)18-13-12(11)20-15(4,5)21-13/h1,9-13H,7-8H2,2-5H3/t9-,10-,11+,12-,13-/m1/s1. The third-order valence-electron chi connectivity index (χ3n) is 3.78. The normalized spacial score (nSPS) is 43.7. The van der Waals surface area contributed by atoms with Gasteiger partial charge in [-0.2, -0.15) is 0 Å². The molecule has 0 radical (unpaired) electrons. The lowest BCUT2D eigenvalue weighted by Crippen LogP contribution is -2.44. The number of hydrogen-bond donors (Lipinski definition) is 0. The lowest BCUT2D eigenvalue weighted by atomic mass is 10.1. The summed E-state index contributed by atoms with van der Waals surface area (Å²) in [6, 6.07) is 0. The Kier molecular flexibility index (Phi) is 3.77. The monoisotopic (exact) mass is 298 g/mol. The molecular weight excluding hydrogens is 276 g/mol. The molecule has 21 heavy (non-hydrogen) atoms. The van der Waals surface area contributed by atoms with Gasteiger partial charge in [0.1, 0.15) is 31.0 Å². The van der Waals surface area contributed by atoms with Crippen LogP contribution in [0.4, 0.5) is 0 Å². The van der Waals surface area contributed by atoms with Gasteiger partial charge in [-0.3, -0.25) is 0 Å². The van der Waals surface area contributed by atoms with Crippen molar-refractivity contribution in [2.24, 2.45) is 0 Å². The van der Waals surface area contributed by atoms with Crippen LogP contribution in [0.3, 0.4) is 0 Å². The summed E-state index contributed by atoms with van der Waals surface area (Å²) in [5.74, 6) is 1.16. The molecule has 0 unspecified atom stereocenters. The van der Waals surface area contributed by atoms with Gasteiger partial charge < -0.3 is 28.4 Å². The van der Waals surface area contributed by atoms with E-state index in [1.165, 1.54) is 0 Å². The second-order valence-electron chi connectivity index (χ2n) is 6.42. The van der Waals surface area contributed by atoms with E-state index in [1.807, 2.05) is 27.7 Å². The van der Waals surface area contributed by atoms with Crippen molar-refractivity contribution in [2.45, 2.75) is 70.0 Å². The molecule has 0 aromatic heterocycles. The molecule has 6 nitrogen and oxygen atoms in total. The second-order valence-corrected chi connectivity index (χ2v) is 6.42. The molecular formula is C15H22O6. The Hall–Kier alpha value is -0.680. The quantitative estimate of drug-likeness (QED) is 0.726. The van der Waals surface area contributed by atoms with Crippen molar-refractivity contribution in [1.82, 2.24) is 0 Å². The first kappa shape index (κ1) is 15.2. The molecule has 6 heteroatoms. The predicted octanol–water partition coefficient (Wildman–Crippen LogP) is 1.03. The van der Waals surface area contributed by atoms with E-state index in [2.05, 4.69) is 5.92 Å². The van der Waals surface area contributed by atoms with Crippen molar-refractivity contribution >= 4 is 0 Å². The second kappa shape index (κ2) is 5.20. The molecule has 118 valence electrons. The maximum atomic E-state index is 5.96. The predicted molar refractivity (Wildman–Crippen MR) is 72.2 cm³/mol. The fraction of sp³-hybridized carbons (Fsp3) is 0.867. The Morgan fingerprint density at radius 3 is 2.48 bits per heavy atom. The van der Waals surface area contributed by atoms with Crippen LogP contribution in [0.15, 0.2) is 0 Å². The summed E-state index contributed by atoms with van der Waals surface area (Å²) in [5, 5.41) is 0. The average molecular weight is 298 g/mol. The lowest BCUT2D eigenvalue weighted by Gasteiger charge is -2.28. The van der Waals surface area contributed by atoms with Crippen molar-refractivity contribution in [3.05, 3.63) is 0 Å². The van der Waals surface area contributed by atoms with E-state index in [0.29, 0.717) is 6.61 Å². The highest BCUT2D eigenvalue weighted by atomic mass is 16.8. The summed E-state index contributed by atoms with van der Waals surface area (Å²) in [6.07, 6.45) is 3.61. The summed E-state index contributed by atoms with van der Waals surface area (Å²) >= 11 is 0. The first-order valence-corrected chi connectivity index (χ1v) is 7.19. The molecule has 0 bridgehead atoms. The zero-order chi connectivity index (χ0) is 15.3. The number of hydrogen-bond acceptors (Lipinski definition) is 6. The number of rotatable bonds is 3. The highest BCUT2D eigenvalue weighted by Gasteiger charge is 2.58. The Labute approximate surface area is 125 Å². The molecule has 3 rings (SSSR count). The van der Waals surface area contributed by atoms with Crippen LogP contribution in [-0.4, -0.2) is 55.5 Å². The molecule has 0 aromatic rings. The van der Waals surface area contributed by atoms with Crippen LogP contribution in [0.2, 0.25) is 0 Å². The SMILES string of the molecule is C#CCO[C@@H]1[C@H]2OC(C)(C)O[C@H]2O[C@@H]1[C@H]1COC(C)(C)O1. The largest absolute Gasteiger partial charge is 0.360 e. The molecule has 0 aromatic carbocycles.